The van der Waals surface area contributed by atoms with Crippen LogP contribution in [-0.2, 0) is 0 Å². The Bertz CT molecular complexity index is 3580. The molecule has 0 aliphatic carbocycles. The Morgan fingerprint density at radius 2 is 0.983 bits per heavy atom. The average molecular weight is 741 g/mol. The molecule has 270 valence electrons. The Morgan fingerprint density at radius 3 is 1.88 bits per heavy atom. The summed E-state index contributed by atoms with van der Waals surface area (Å²) in [5, 5.41) is 9.25. The van der Waals surface area contributed by atoms with Gasteiger partial charge in [0, 0.05) is 38.4 Å². The maximum atomic E-state index is 6.56. The predicted octanol–water partition coefficient (Wildman–Crippen LogP) is 13.8. The number of nitrogens with zero attached hydrogens (tertiary/aromatic N) is 4. The van der Waals surface area contributed by atoms with E-state index in [1.54, 1.807) is 0 Å². The molecule has 0 radical (unpaired) electrons. The van der Waals surface area contributed by atoms with E-state index in [1.807, 2.05) is 24.3 Å². The van der Waals surface area contributed by atoms with Crippen molar-refractivity contribution in [1.29, 1.82) is 0 Å². The number of furan rings is 1. The second-order valence-corrected chi connectivity index (χ2v) is 14.7. The lowest BCUT2D eigenvalue weighted by atomic mass is 9.93. The highest BCUT2D eigenvalue weighted by Gasteiger charge is 2.22. The molecular formula is C53H32N4O. The lowest BCUT2D eigenvalue weighted by molar-refractivity contribution is 0.669. The van der Waals surface area contributed by atoms with Gasteiger partial charge < -0.3 is 8.98 Å². The summed E-state index contributed by atoms with van der Waals surface area (Å²) in [7, 11) is 0. The first kappa shape index (κ1) is 32.4. The van der Waals surface area contributed by atoms with Crippen molar-refractivity contribution in [3.05, 3.63) is 194 Å². The lowest BCUT2D eigenvalue weighted by Crippen LogP contribution is -2.02. The lowest BCUT2D eigenvalue weighted by Gasteiger charge is -2.14. The first-order valence-corrected chi connectivity index (χ1v) is 19.5. The van der Waals surface area contributed by atoms with E-state index in [1.165, 1.54) is 26.9 Å². The van der Waals surface area contributed by atoms with Gasteiger partial charge >= 0.3 is 0 Å². The second kappa shape index (κ2) is 12.8. The van der Waals surface area contributed by atoms with Crippen molar-refractivity contribution >= 4 is 65.3 Å². The van der Waals surface area contributed by atoms with Crippen LogP contribution in [0, 0.1) is 0 Å². The third-order valence-electron chi connectivity index (χ3n) is 11.4. The number of rotatable bonds is 5. The van der Waals surface area contributed by atoms with Crippen molar-refractivity contribution in [2.24, 2.45) is 0 Å². The smallest absolute Gasteiger partial charge is 0.167 e. The van der Waals surface area contributed by atoms with Crippen LogP contribution in [0.15, 0.2) is 199 Å². The Labute approximate surface area is 333 Å². The topological polar surface area (TPSA) is 56.7 Å². The Kier molecular flexibility index (Phi) is 7.16. The zero-order chi connectivity index (χ0) is 38.2. The van der Waals surface area contributed by atoms with Gasteiger partial charge in [0.1, 0.15) is 11.2 Å². The predicted molar refractivity (Wildman–Crippen MR) is 238 cm³/mol. The quantitative estimate of drug-likeness (QED) is 0.165. The summed E-state index contributed by atoms with van der Waals surface area (Å²) in [5.41, 5.74) is 9.67. The highest BCUT2D eigenvalue weighted by Crippen LogP contribution is 2.41. The van der Waals surface area contributed by atoms with Gasteiger partial charge in [-0.1, -0.05) is 152 Å². The molecular weight excluding hydrogens is 709 g/mol. The molecule has 0 amide bonds. The van der Waals surface area contributed by atoms with Gasteiger partial charge in [0.15, 0.2) is 17.5 Å². The number of para-hydroxylation sites is 5. The van der Waals surface area contributed by atoms with E-state index in [0.717, 1.165) is 71.9 Å². The number of hydrogen-bond acceptors (Lipinski definition) is 4. The van der Waals surface area contributed by atoms with Crippen LogP contribution in [-0.4, -0.2) is 19.5 Å². The van der Waals surface area contributed by atoms with Gasteiger partial charge in [0.25, 0.3) is 0 Å². The molecule has 0 bridgehead atoms. The molecule has 0 aliphatic rings. The van der Waals surface area contributed by atoms with Crippen molar-refractivity contribution in [3.63, 3.8) is 0 Å². The molecule has 0 atom stereocenters. The Hall–Kier alpha value is -7.89. The van der Waals surface area contributed by atoms with Crippen LogP contribution < -0.4 is 0 Å². The van der Waals surface area contributed by atoms with Crippen molar-refractivity contribution in [1.82, 2.24) is 19.5 Å². The highest BCUT2D eigenvalue weighted by molar-refractivity contribution is 6.15. The first-order valence-electron chi connectivity index (χ1n) is 19.5. The van der Waals surface area contributed by atoms with E-state index in [4.69, 9.17) is 19.4 Å². The minimum atomic E-state index is 0.547. The molecule has 0 aliphatic heterocycles. The normalized spacial score (nSPS) is 11.8. The molecule has 5 heteroatoms. The molecule has 0 saturated carbocycles. The molecule has 58 heavy (non-hydrogen) atoms. The van der Waals surface area contributed by atoms with Crippen LogP contribution in [0.2, 0.25) is 0 Å². The van der Waals surface area contributed by atoms with Gasteiger partial charge in [-0.2, -0.15) is 0 Å². The van der Waals surface area contributed by atoms with Crippen LogP contribution >= 0.6 is 0 Å². The largest absolute Gasteiger partial charge is 0.455 e. The summed E-state index contributed by atoms with van der Waals surface area (Å²) in [6.07, 6.45) is 0. The van der Waals surface area contributed by atoms with Crippen molar-refractivity contribution in [3.8, 4) is 51.0 Å². The van der Waals surface area contributed by atoms with E-state index in [0.29, 0.717) is 17.5 Å². The fourth-order valence-electron chi connectivity index (χ4n) is 8.84. The minimum Gasteiger partial charge on any atom is -0.455 e. The minimum absolute atomic E-state index is 0.547. The summed E-state index contributed by atoms with van der Waals surface area (Å²) < 4.78 is 8.89. The van der Waals surface area contributed by atoms with E-state index in [-0.39, 0.29) is 0 Å². The number of hydrogen-bond donors (Lipinski definition) is 0. The first-order chi connectivity index (χ1) is 28.8. The van der Waals surface area contributed by atoms with Gasteiger partial charge in [0.05, 0.1) is 16.6 Å². The number of aromatic nitrogens is 4. The Balaban J connectivity index is 1.13. The van der Waals surface area contributed by atoms with Gasteiger partial charge in [-0.05, 0) is 75.1 Å². The molecule has 0 fully saturated rings. The molecule has 12 rings (SSSR count). The SMILES string of the molecule is c1ccc(-n2c3ccccc3c3cccc(-c4nc(-c5cccc(-c6cccc7ccc8ccccc8c67)c5)nc(-c5cccc6c5oc5ccccc56)n4)c32)cc1. The van der Waals surface area contributed by atoms with Gasteiger partial charge in [0.2, 0.25) is 0 Å². The standard InChI is InChI=1S/C53H32N4O/c1-2-18-37(19-3-1)57-46-28-8-6-21-40(46)42-24-12-26-44(49(42)57)52-54-51(55-53(56-52)45-27-13-25-43-41-22-7-9-29-47(41)58-50(43)45)36-17-10-16-35(32-36)39-23-11-15-34-31-30-33-14-4-5-20-38(33)48(34)39/h1-32H. The van der Waals surface area contributed by atoms with E-state index in [2.05, 4.69) is 174 Å². The summed E-state index contributed by atoms with van der Waals surface area (Å²) in [4.78, 5) is 16.0. The van der Waals surface area contributed by atoms with Gasteiger partial charge in [-0.25, -0.2) is 15.0 Å². The molecule has 3 heterocycles. The molecule has 9 aromatic carbocycles. The van der Waals surface area contributed by atoms with Crippen molar-refractivity contribution in [2.45, 2.75) is 0 Å². The van der Waals surface area contributed by atoms with Crippen molar-refractivity contribution in [2.75, 3.05) is 0 Å². The molecule has 0 saturated heterocycles. The molecule has 0 spiro atoms. The van der Waals surface area contributed by atoms with E-state index < -0.39 is 0 Å². The fourth-order valence-corrected chi connectivity index (χ4v) is 8.84. The maximum absolute atomic E-state index is 6.56. The molecule has 5 nitrogen and oxygen atoms in total. The van der Waals surface area contributed by atoms with Crippen molar-refractivity contribution < 1.29 is 4.42 Å². The molecule has 3 aromatic heterocycles. The number of benzene rings is 9. The molecule has 0 N–H and O–H groups in total. The van der Waals surface area contributed by atoms with Crippen LogP contribution in [0.1, 0.15) is 0 Å². The summed E-state index contributed by atoms with van der Waals surface area (Å²) in [6.45, 7) is 0. The van der Waals surface area contributed by atoms with Gasteiger partial charge in [-0.3, -0.25) is 0 Å². The average Bonchev–Trinajstić information content (AvgIpc) is 3.85. The third kappa shape index (κ3) is 5.00. The van der Waals surface area contributed by atoms with Crippen LogP contribution in [0.5, 0.6) is 0 Å². The summed E-state index contributed by atoms with van der Waals surface area (Å²) in [6, 6.07) is 68.0. The van der Waals surface area contributed by atoms with Gasteiger partial charge in [-0.15, -0.1) is 0 Å². The van der Waals surface area contributed by atoms with Crippen LogP contribution in [0.25, 0.3) is 116 Å². The Morgan fingerprint density at radius 1 is 0.379 bits per heavy atom. The molecule has 0 unspecified atom stereocenters. The van der Waals surface area contributed by atoms with Crippen LogP contribution in [0.3, 0.4) is 0 Å². The van der Waals surface area contributed by atoms with E-state index >= 15 is 0 Å². The maximum Gasteiger partial charge on any atom is 0.167 e. The molecule has 12 aromatic rings. The second-order valence-electron chi connectivity index (χ2n) is 14.7. The highest BCUT2D eigenvalue weighted by atomic mass is 16.3. The third-order valence-corrected chi connectivity index (χ3v) is 11.4. The zero-order valence-electron chi connectivity index (χ0n) is 31.2. The zero-order valence-corrected chi connectivity index (χ0v) is 31.2. The van der Waals surface area contributed by atoms with Crippen LogP contribution in [0.4, 0.5) is 0 Å². The summed E-state index contributed by atoms with van der Waals surface area (Å²) in [5.74, 6) is 1.71. The fraction of sp³-hybridized carbons (Fsp3) is 0. The van der Waals surface area contributed by atoms with E-state index in [9.17, 15) is 0 Å². The number of fused-ring (bicyclic) bond motifs is 9. The summed E-state index contributed by atoms with van der Waals surface area (Å²) >= 11 is 0. The monoisotopic (exact) mass is 740 g/mol.